The lowest BCUT2D eigenvalue weighted by molar-refractivity contribution is -0.131. The van der Waals surface area contributed by atoms with Gasteiger partial charge in [-0.15, -0.1) is 0 Å². The summed E-state index contributed by atoms with van der Waals surface area (Å²) in [5, 5.41) is 8.60. The van der Waals surface area contributed by atoms with Crippen molar-refractivity contribution in [2.75, 3.05) is 20.2 Å². The van der Waals surface area contributed by atoms with Crippen LogP contribution in [0.15, 0.2) is 0 Å². The van der Waals surface area contributed by atoms with Gasteiger partial charge in [0.25, 0.3) is 0 Å². The van der Waals surface area contributed by atoms with E-state index in [4.69, 9.17) is 10.8 Å². The van der Waals surface area contributed by atoms with E-state index in [0.717, 1.165) is 38.6 Å². The Balaban J connectivity index is 3.68. The topological polar surface area (TPSA) is 66.6 Å². The van der Waals surface area contributed by atoms with Crippen LogP contribution in [-0.2, 0) is 4.79 Å². The zero-order valence-corrected chi connectivity index (χ0v) is 9.91. The van der Waals surface area contributed by atoms with Crippen molar-refractivity contribution in [3.8, 4) is 0 Å². The highest BCUT2D eigenvalue weighted by atomic mass is 16.2. The molecule has 0 rings (SSSR count). The third kappa shape index (κ3) is 6.47. The van der Waals surface area contributed by atoms with Crippen LogP contribution in [0.3, 0.4) is 0 Å². The van der Waals surface area contributed by atoms with Crippen LogP contribution in [0.2, 0.25) is 0 Å². The molecule has 0 aromatic rings. The molecular weight excluding hydrogens is 192 g/mol. The first-order valence-corrected chi connectivity index (χ1v) is 5.74. The quantitative estimate of drug-likeness (QED) is 0.588. The van der Waals surface area contributed by atoms with Crippen LogP contribution in [0.5, 0.6) is 0 Å². The lowest BCUT2D eigenvalue weighted by Gasteiger charge is -2.20. The van der Waals surface area contributed by atoms with Crippen LogP contribution in [0.1, 0.15) is 39.0 Å². The molecular formula is C11H24N2O2. The molecule has 0 radical (unpaired) electrons. The normalized spacial score (nSPS) is 12.5. The number of carbonyl (C=O) groups is 1. The SMILES string of the molecule is CCC[C@H](N)C(=O)N(C)CCCCCO. The maximum Gasteiger partial charge on any atom is 0.239 e. The zero-order valence-electron chi connectivity index (χ0n) is 9.91. The number of carbonyl (C=O) groups excluding carboxylic acids is 1. The number of nitrogens with zero attached hydrogens (tertiary/aromatic N) is 1. The summed E-state index contributed by atoms with van der Waals surface area (Å²) < 4.78 is 0. The van der Waals surface area contributed by atoms with Gasteiger partial charge < -0.3 is 15.7 Å². The molecule has 0 aromatic heterocycles. The van der Waals surface area contributed by atoms with Gasteiger partial charge in [-0.2, -0.15) is 0 Å². The number of nitrogens with two attached hydrogens (primary N) is 1. The Bertz CT molecular complexity index is 174. The predicted molar refractivity (Wildman–Crippen MR) is 61.5 cm³/mol. The van der Waals surface area contributed by atoms with Gasteiger partial charge in [-0.1, -0.05) is 13.3 Å². The van der Waals surface area contributed by atoms with E-state index in [2.05, 4.69) is 0 Å². The number of hydrogen-bond donors (Lipinski definition) is 2. The van der Waals surface area contributed by atoms with Crippen LogP contribution in [-0.4, -0.2) is 42.2 Å². The van der Waals surface area contributed by atoms with E-state index in [1.165, 1.54) is 0 Å². The number of unbranched alkanes of at least 4 members (excludes halogenated alkanes) is 2. The summed E-state index contributed by atoms with van der Waals surface area (Å²) in [5.41, 5.74) is 5.73. The summed E-state index contributed by atoms with van der Waals surface area (Å²) in [6, 6.07) is -0.349. The van der Waals surface area contributed by atoms with Crippen molar-refractivity contribution in [3.05, 3.63) is 0 Å². The van der Waals surface area contributed by atoms with E-state index in [-0.39, 0.29) is 18.6 Å². The molecule has 1 atom stereocenters. The highest BCUT2D eigenvalue weighted by Crippen LogP contribution is 2.01. The second-order valence-corrected chi connectivity index (χ2v) is 3.94. The van der Waals surface area contributed by atoms with Crippen molar-refractivity contribution < 1.29 is 9.90 Å². The van der Waals surface area contributed by atoms with Gasteiger partial charge in [0, 0.05) is 20.2 Å². The number of amides is 1. The van der Waals surface area contributed by atoms with Crippen LogP contribution in [0, 0.1) is 0 Å². The van der Waals surface area contributed by atoms with Crippen molar-refractivity contribution in [2.45, 2.75) is 45.1 Å². The van der Waals surface area contributed by atoms with Gasteiger partial charge >= 0.3 is 0 Å². The molecule has 15 heavy (non-hydrogen) atoms. The third-order valence-electron chi connectivity index (χ3n) is 2.44. The summed E-state index contributed by atoms with van der Waals surface area (Å²) in [4.78, 5) is 13.3. The van der Waals surface area contributed by atoms with E-state index in [1.54, 1.807) is 11.9 Å². The fraction of sp³-hybridized carbons (Fsp3) is 0.909. The summed E-state index contributed by atoms with van der Waals surface area (Å²) in [6.45, 7) is 2.98. The fourth-order valence-electron chi connectivity index (χ4n) is 1.47. The number of rotatable bonds is 8. The smallest absolute Gasteiger partial charge is 0.239 e. The number of aliphatic hydroxyl groups is 1. The van der Waals surface area contributed by atoms with Gasteiger partial charge in [-0.3, -0.25) is 4.79 Å². The molecule has 0 heterocycles. The highest BCUT2D eigenvalue weighted by molar-refractivity contribution is 5.81. The number of aliphatic hydroxyl groups excluding tert-OH is 1. The van der Waals surface area contributed by atoms with Gasteiger partial charge in [-0.05, 0) is 25.7 Å². The van der Waals surface area contributed by atoms with Crippen LogP contribution >= 0.6 is 0 Å². The molecule has 3 N–H and O–H groups in total. The Kier molecular flexibility index (Phi) is 8.33. The summed E-state index contributed by atoms with van der Waals surface area (Å²) >= 11 is 0. The molecule has 0 aromatic carbocycles. The minimum Gasteiger partial charge on any atom is -0.396 e. The van der Waals surface area contributed by atoms with E-state index in [9.17, 15) is 4.79 Å². The first-order chi connectivity index (χ1) is 7.13. The van der Waals surface area contributed by atoms with Gasteiger partial charge in [0.05, 0.1) is 6.04 Å². The molecule has 0 bridgehead atoms. The van der Waals surface area contributed by atoms with E-state index in [1.807, 2.05) is 6.92 Å². The molecule has 4 nitrogen and oxygen atoms in total. The Labute approximate surface area is 92.4 Å². The van der Waals surface area contributed by atoms with Gasteiger partial charge in [0.2, 0.25) is 5.91 Å². The highest BCUT2D eigenvalue weighted by Gasteiger charge is 2.16. The molecule has 0 saturated heterocycles. The summed E-state index contributed by atoms with van der Waals surface area (Å²) in [7, 11) is 1.79. The Morgan fingerprint density at radius 1 is 1.40 bits per heavy atom. The van der Waals surface area contributed by atoms with Gasteiger partial charge in [0.15, 0.2) is 0 Å². The molecule has 0 fully saturated rings. The summed E-state index contributed by atoms with van der Waals surface area (Å²) in [5.74, 6) is 0.0286. The first-order valence-electron chi connectivity index (χ1n) is 5.74. The summed E-state index contributed by atoms with van der Waals surface area (Å²) in [6.07, 6.45) is 4.38. The zero-order chi connectivity index (χ0) is 11.7. The molecule has 0 aliphatic carbocycles. The van der Waals surface area contributed by atoms with Crippen molar-refractivity contribution in [1.29, 1.82) is 0 Å². The maximum atomic E-state index is 11.6. The van der Waals surface area contributed by atoms with Crippen molar-refractivity contribution >= 4 is 5.91 Å². The van der Waals surface area contributed by atoms with Gasteiger partial charge in [-0.25, -0.2) is 0 Å². The van der Waals surface area contributed by atoms with E-state index >= 15 is 0 Å². The Hall–Kier alpha value is -0.610. The molecule has 0 aliphatic heterocycles. The van der Waals surface area contributed by atoms with E-state index < -0.39 is 0 Å². The Morgan fingerprint density at radius 3 is 2.60 bits per heavy atom. The molecule has 1 amide bonds. The minimum absolute atomic E-state index is 0.0286. The van der Waals surface area contributed by atoms with Crippen molar-refractivity contribution in [1.82, 2.24) is 4.90 Å². The molecule has 0 spiro atoms. The maximum absolute atomic E-state index is 11.6. The molecule has 4 heteroatoms. The lowest BCUT2D eigenvalue weighted by atomic mass is 10.1. The third-order valence-corrected chi connectivity index (χ3v) is 2.44. The Morgan fingerprint density at radius 2 is 2.07 bits per heavy atom. The van der Waals surface area contributed by atoms with Gasteiger partial charge in [0.1, 0.15) is 0 Å². The molecule has 0 aliphatic rings. The van der Waals surface area contributed by atoms with E-state index in [0.29, 0.717) is 0 Å². The molecule has 0 saturated carbocycles. The second kappa shape index (κ2) is 8.68. The lowest BCUT2D eigenvalue weighted by Crippen LogP contribution is -2.42. The number of hydrogen-bond acceptors (Lipinski definition) is 3. The standard InChI is InChI=1S/C11H24N2O2/c1-3-7-10(12)11(15)13(2)8-5-4-6-9-14/h10,14H,3-9,12H2,1-2H3/t10-/m0/s1. The van der Waals surface area contributed by atoms with Crippen molar-refractivity contribution in [3.63, 3.8) is 0 Å². The average Bonchev–Trinajstić information content (AvgIpc) is 2.23. The van der Waals surface area contributed by atoms with Crippen LogP contribution < -0.4 is 5.73 Å². The molecule has 0 unspecified atom stereocenters. The average molecular weight is 216 g/mol. The predicted octanol–water partition coefficient (Wildman–Crippen LogP) is 0.735. The van der Waals surface area contributed by atoms with Crippen LogP contribution in [0.25, 0.3) is 0 Å². The fourth-order valence-corrected chi connectivity index (χ4v) is 1.47. The minimum atomic E-state index is -0.349. The van der Waals surface area contributed by atoms with Crippen molar-refractivity contribution in [2.24, 2.45) is 5.73 Å². The first kappa shape index (κ1) is 14.4. The number of likely N-dealkylation sites (N-methyl/N-ethyl adjacent to an activating group) is 1. The largest absolute Gasteiger partial charge is 0.396 e. The monoisotopic (exact) mass is 216 g/mol. The van der Waals surface area contributed by atoms with Crippen LogP contribution in [0.4, 0.5) is 0 Å². The second-order valence-electron chi connectivity index (χ2n) is 3.94. The molecule has 90 valence electrons.